The third-order valence-corrected chi connectivity index (χ3v) is 4.24. The fourth-order valence-electron chi connectivity index (χ4n) is 1.54. The Morgan fingerprint density at radius 1 is 1.55 bits per heavy atom. The average molecular weight is 356 g/mol. The fraction of sp³-hybridized carbons (Fsp3) is 0.231. The Labute approximate surface area is 129 Å². The predicted octanol–water partition coefficient (Wildman–Crippen LogP) is 3.58. The highest BCUT2D eigenvalue weighted by molar-refractivity contribution is 9.10. The number of anilines is 1. The molecule has 0 aliphatic carbocycles. The number of hydrogen-bond donors (Lipinski definition) is 1. The van der Waals surface area contributed by atoms with Gasteiger partial charge in [-0.2, -0.15) is 0 Å². The number of aromatic nitrogens is 1. The van der Waals surface area contributed by atoms with E-state index in [0.717, 1.165) is 9.35 Å². The van der Waals surface area contributed by atoms with Gasteiger partial charge in [0.05, 0.1) is 25.5 Å². The van der Waals surface area contributed by atoms with Crippen LogP contribution in [-0.2, 0) is 6.54 Å². The van der Waals surface area contributed by atoms with Gasteiger partial charge in [0.15, 0.2) is 0 Å². The van der Waals surface area contributed by atoms with Crippen LogP contribution in [0.2, 0.25) is 0 Å². The van der Waals surface area contributed by atoms with Crippen molar-refractivity contribution >= 4 is 39.0 Å². The standard InChI is InChI=1S/C13H14BrN3O2S/c1-17(7-11-5-9(14)8-20-11)13(18)16-10-3-4-12(19-2)15-6-10/h3-6,8H,7H2,1-2H3,(H,16,18). The lowest BCUT2D eigenvalue weighted by Gasteiger charge is -2.17. The van der Waals surface area contributed by atoms with E-state index < -0.39 is 0 Å². The second-order valence-corrected chi connectivity index (χ2v) is 6.02. The molecule has 0 aliphatic heterocycles. The molecule has 0 aromatic carbocycles. The van der Waals surface area contributed by atoms with Gasteiger partial charge in [-0.05, 0) is 28.1 Å². The number of rotatable bonds is 4. The molecule has 5 nitrogen and oxygen atoms in total. The second kappa shape index (κ2) is 6.71. The molecule has 106 valence electrons. The molecule has 0 radical (unpaired) electrons. The van der Waals surface area contributed by atoms with E-state index in [9.17, 15) is 4.79 Å². The summed E-state index contributed by atoms with van der Waals surface area (Å²) in [6.45, 7) is 0.561. The van der Waals surface area contributed by atoms with Crippen LogP contribution < -0.4 is 10.1 Å². The molecule has 0 saturated carbocycles. The van der Waals surface area contributed by atoms with Crippen LogP contribution in [-0.4, -0.2) is 30.1 Å². The monoisotopic (exact) mass is 355 g/mol. The number of carbonyl (C=O) groups excluding carboxylic acids is 1. The predicted molar refractivity (Wildman–Crippen MR) is 83.3 cm³/mol. The zero-order valence-electron chi connectivity index (χ0n) is 11.1. The summed E-state index contributed by atoms with van der Waals surface area (Å²) < 4.78 is 6.00. The summed E-state index contributed by atoms with van der Waals surface area (Å²) in [4.78, 5) is 18.8. The number of pyridine rings is 1. The van der Waals surface area contributed by atoms with Crippen LogP contribution in [0, 0.1) is 0 Å². The van der Waals surface area contributed by atoms with E-state index in [4.69, 9.17) is 4.74 Å². The molecule has 0 atom stereocenters. The SMILES string of the molecule is COc1ccc(NC(=O)N(C)Cc2cc(Br)cs2)cn1. The molecule has 7 heteroatoms. The van der Waals surface area contributed by atoms with Gasteiger partial charge in [-0.15, -0.1) is 11.3 Å². The first-order valence-electron chi connectivity index (χ1n) is 5.83. The maximum atomic E-state index is 12.0. The molecule has 0 aliphatic rings. The largest absolute Gasteiger partial charge is 0.481 e. The lowest BCUT2D eigenvalue weighted by atomic mass is 10.4. The van der Waals surface area contributed by atoms with Crippen molar-refractivity contribution in [2.45, 2.75) is 6.54 Å². The number of thiophene rings is 1. The Bertz CT molecular complexity index is 586. The van der Waals surface area contributed by atoms with Crippen molar-refractivity contribution in [1.29, 1.82) is 0 Å². The van der Waals surface area contributed by atoms with Crippen molar-refractivity contribution in [3.63, 3.8) is 0 Å². The summed E-state index contributed by atoms with van der Waals surface area (Å²) in [5.74, 6) is 0.514. The maximum Gasteiger partial charge on any atom is 0.321 e. The van der Waals surface area contributed by atoms with Gasteiger partial charge in [-0.1, -0.05) is 0 Å². The number of halogens is 1. The van der Waals surface area contributed by atoms with Gasteiger partial charge in [0.2, 0.25) is 5.88 Å². The summed E-state index contributed by atoms with van der Waals surface area (Å²) in [7, 11) is 3.30. The minimum Gasteiger partial charge on any atom is -0.481 e. The van der Waals surface area contributed by atoms with Crippen molar-refractivity contribution in [2.75, 3.05) is 19.5 Å². The van der Waals surface area contributed by atoms with Crippen LogP contribution in [0.3, 0.4) is 0 Å². The normalized spacial score (nSPS) is 10.2. The molecule has 1 N–H and O–H groups in total. The highest BCUT2D eigenvalue weighted by Gasteiger charge is 2.10. The minimum absolute atomic E-state index is 0.179. The molecular weight excluding hydrogens is 342 g/mol. The van der Waals surface area contributed by atoms with Gasteiger partial charge in [-0.25, -0.2) is 9.78 Å². The molecule has 20 heavy (non-hydrogen) atoms. The van der Waals surface area contributed by atoms with Crippen molar-refractivity contribution < 1.29 is 9.53 Å². The van der Waals surface area contributed by atoms with Gasteiger partial charge in [-0.3, -0.25) is 0 Å². The summed E-state index contributed by atoms with van der Waals surface area (Å²) in [5.41, 5.74) is 0.634. The molecule has 0 fully saturated rings. The Morgan fingerprint density at radius 3 is 2.90 bits per heavy atom. The Kier molecular flexibility index (Phi) is 4.97. The van der Waals surface area contributed by atoms with Crippen LogP contribution in [0.15, 0.2) is 34.2 Å². The van der Waals surface area contributed by atoms with E-state index in [2.05, 4.69) is 26.2 Å². The smallest absolute Gasteiger partial charge is 0.321 e. The third-order valence-electron chi connectivity index (χ3n) is 2.56. The van der Waals surface area contributed by atoms with Crippen LogP contribution in [0.25, 0.3) is 0 Å². The van der Waals surface area contributed by atoms with Crippen LogP contribution >= 0.6 is 27.3 Å². The van der Waals surface area contributed by atoms with E-state index >= 15 is 0 Å². The fourth-order valence-corrected chi connectivity index (χ4v) is 3.04. The van der Waals surface area contributed by atoms with Crippen molar-refractivity contribution in [1.82, 2.24) is 9.88 Å². The number of carbonyl (C=O) groups is 1. The lowest BCUT2D eigenvalue weighted by molar-refractivity contribution is 0.221. The Balaban J connectivity index is 1.93. The number of hydrogen-bond acceptors (Lipinski definition) is 4. The number of urea groups is 1. The molecule has 2 aromatic rings. The average Bonchev–Trinajstić information content (AvgIpc) is 2.85. The number of nitrogens with one attached hydrogen (secondary N) is 1. The van der Waals surface area contributed by atoms with Gasteiger partial charge in [0.1, 0.15) is 0 Å². The van der Waals surface area contributed by atoms with E-state index in [1.54, 1.807) is 48.7 Å². The first-order chi connectivity index (χ1) is 9.58. The maximum absolute atomic E-state index is 12.0. The van der Waals surface area contributed by atoms with Crippen molar-refractivity contribution in [2.24, 2.45) is 0 Å². The van der Waals surface area contributed by atoms with E-state index in [-0.39, 0.29) is 6.03 Å². The van der Waals surface area contributed by atoms with Gasteiger partial charge in [0, 0.05) is 27.8 Å². The first-order valence-corrected chi connectivity index (χ1v) is 7.51. The van der Waals surface area contributed by atoms with Crippen molar-refractivity contribution in [3.8, 4) is 5.88 Å². The van der Waals surface area contributed by atoms with Crippen LogP contribution in [0.4, 0.5) is 10.5 Å². The Hall–Kier alpha value is -1.60. The number of amides is 2. The van der Waals surface area contributed by atoms with Crippen LogP contribution in [0.1, 0.15) is 4.88 Å². The lowest BCUT2D eigenvalue weighted by Crippen LogP contribution is -2.30. The molecule has 2 amide bonds. The zero-order valence-corrected chi connectivity index (χ0v) is 13.5. The molecule has 0 bridgehead atoms. The topological polar surface area (TPSA) is 54.5 Å². The van der Waals surface area contributed by atoms with Crippen LogP contribution in [0.5, 0.6) is 5.88 Å². The highest BCUT2D eigenvalue weighted by Crippen LogP contribution is 2.21. The molecule has 2 heterocycles. The molecule has 0 saturated heterocycles. The molecule has 0 spiro atoms. The number of methoxy groups -OCH3 is 1. The molecule has 2 rings (SSSR count). The number of ether oxygens (including phenoxy) is 1. The molecule has 0 unspecified atom stereocenters. The summed E-state index contributed by atoms with van der Waals surface area (Å²) in [6, 6.07) is 5.27. The molecular formula is C13H14BrN3O2S. The summed E-state index contributed by atoms with van der Waals surface area (Å²) in [5, 5.41) is 4.78. The second-order valence-electron chi connectivity index (χ2n) is 4.11. The first kappa shape index (κ1) is 14.8. The quantitative estimate of drug-likeness (QED) is 0.911. The van der Waals surface area contributed by atoms with E-state index in [0.29, 0.717) is 18.1 Å². The summed E-state index contributed by atoms with van der Waals surface area (Å²) in [6.07, 6.45) is 1.56. The van der Waals surface area contributed by atoms with Gasteiger partial charge in [0.25, 0.3) is 0 Å². The molecule has 2 aromatic heterocycles. The van der Waals surface area contributed by atoms with Gasteiger partial charge < -0.3 is 15.0 Å². The van der Waals surface area contributed by atoms with Gasteiger partial charge >= 0.3 is 6.03 Å². The summed E-state index contributed by atoms with van der Waals surface area (Å²) >= 11 is 5.01. The van der Waals surface area contributed by atoms with Crippen molar-refractivity contribution in [3.05, 3.63) is 39.1 Å². The third kappa shape index (κ3) is 3.94. The zero-order chi connectivity index (χ0) is 14.5. The highest BCUT2D eigenvalue weighted by atomic mass is 79.9. The minimum atomic E-state index is -0.179. The van der Waals surface area contributed by atoms with E-state index in [1.807, 2.05) is 11.4 Å². The van der Waals surface area contributed by atoms with E-state index in [1.165, 1.54) is 0 Å². The Morgan fingerprint density at radius 2 is 2.35 bits per heavy atom. The number of nitrogens with zero attached hydrogens (tertiary/aromatic N) is 2.